The molecule has 0 aromatic heterocycles. The number of halogens is 2. The molecular weight excluding hydrogens is 565 g/mol. The van der Waals surface area contributed by atoms with Gasteiger partial charge in [-0.3, -0.25) is 9.35 Å². The zero-order chi connectivity index (χ0) is 28.3. The minimum absolute atomic E-state index is 0.0855. The van der Waals surface area contributed by atoms with Crippen molar-refractivity contribution in [1.29, 1.82) is 0 Å². The number of ether oxygens (including phenoxy) is 1. The third-order valence-electron chi connectivity index (χ3n) is 5.79. The Hall–Kier alpha value is -3.70. The van der Waals surface area contributed by atoms with Gasteiger partial charge in [0.1, 0.15) is 22.0 Å². The number of nitrogens with one attached hydrogen (secondary N) is 1. The van der Waals surface area contributed by atoms with E-state index in [2.05, 4.69) is 15.5 Å². The summed E-state index contributed by atoms with van der Waals surface area (Å²) in [6.45, 7) is 3.91. The summed E-state index contributed by atoms with van der Waals surface area (Å²) in [6.07, 6.45) is 0.352. The minimum Gasteiger partial charge on any atom is -0.505 e. The Morgan fingerprint density at radius 3 is 2.41 bits per heavy atom. The topological polar surface area (TPSA) is 138 Å². The largest absolute Gasteiger partial charge is 0.505 e. The molecule has 4 aromatic rings. The SMILES string of the molecule is CCOc1ccc(Cl)cc1NC(=O)c1cc2ccccc2c(N=Nc2c(CC)ccc(Cl)c2S(=O)(=O)O)c1O. The molecule has 0 saturated heterocycles. The summed E-state index contributed by atoms with van der Waals surface area (Å²) in [4.78, 5) is 12.7. The Balaban J connectivity index is 1.87. The van der Waals surface area contributed by atoms with Crippen LogP contribution in [0.25, 0.3) is 10.8 Å². The Bertz CT molecular complexity index is 1720. The van der Waals surface area contributed by atoms with Crippen molar-refractivity contribution in [2.45, 2.75) is 25.2 Å². The first-order valence-electron chi connectivity index (χ1n) is 11.7. The molecule has 3 N–H and O–H groups in total. The standard InChI is InChI=1S/C27H23Cl2N3O6S/c1-3-15-9-11-20(29)26(39(35,36)37)23(15)31-32-24-18-8-6-5-7-16(18)13-19(25(24)33)27(34)30-21-14-17(28)10-12-22(21)38-4-2/h5-14,33H,3-4H2,1-2H3,(H,30,34)(H,35,36,37). The third kappa shape index (κ3) is 5.99. The van der Waals surface area contributed by atoms with Crippen LogP contribution in [-0.2, 0) is 16.5 Å². The summed E-state index contributed by atoms with van der Waals surface area (Å²) >= 11 is 12.2. The van der Waals surface area contributed by atoms with Crippen LogP contribution in [0.3, 0.4) is 0 Å². The van der Waals surface area contributed by atoms with Crippen molar-refractivity contribution in [3.8, 4) is 11.5 Å². The van der Waals surface area contributed by atoms with Gasteiger partial charge in [-0.1, -0.05) is 60.5 Å². The number of amides is 1. The number of nitrogens with zero attached hydrogens (tertiary/aromatic N) is 2. The van der Waals surface area contributed by atoms with E-state index < -0.39 is 26.7 Å². The van der Waals surface area contributed by atoms with Crippen molar-refractivity contribution >= 4 is 67.1 Å². The lowest BCUT2D eigenvalue weighted by atomic mass is 10.0. The normalized spacial score (nSPS) is 11.7. The first kappa shape index (κ1) is 28.3. The summed E-state index contributed by atoms with van der Waals surface area (Å²) in [6, 6.07) is 16.0. The maximum Gasteiger partial charge on any atom is 0.298 e. The molecule has 9 nitrogen and oxygen atoms in total. The number of hydrogen-bond donors (Lipinski definition) is 3. The Morgan fingerprint density at radius 2 is 1.72 bits per heavy atom. The van der Waals surface area contributed by atoms with E-state index in [1.807, 2.05) is 0 Å². The maximum absolute atomic E-state index is 13.3. The second-order valence-electron chi connectivity index (χ2n) is 8.28. The number of carbonyl (C=O) groups excluding carboxylic acids is 1. The number of phenolic OH excluding ortho intramolecular Hbond substituents is 1. The van der Waals surface area contributed by atoms with E-state index in [-0.39, 0.29) is 22.0 Å². The molecule has 1 amide bonds. The predicted octanol–water partition coefficient (Wildman–Crippen LogP) is 7.73. The lowest BCUT2D eigenvalue weighted by Crippen LogP contribution is -2.13. The fourth-order valence-electron chi connectivity index (χ4n) is 3.99. The Morgan fingerprint density at radius 1 is 1.00 bits per heavy atom. The summed E-state index contributed by atoms with van der Waals surface area (Å²) < 4.78 is 39.5. The second kappa shape index (κ2) is 11.6. The molecule has 12 heteroatoms. The van der Waals surface area contributed by atoms with Gasteiger partial charge in [0, 0.05) is 10.4 Å². The molecule has 0 aliphatic heterocycles. The van der Waals surface area contributed by atoms with Crippen molar-refractivity contribution in [2.75, 3.05) is 11.9 Å². The lowest BCUT2D eigenvalue weighted by Gasteiger charge is -2.14. The number of aryl methyl sites for hydroxylation is 1. The van der Waals surface area contributed by atoms with E-state index in [1.54, 1.807) is 56.3 Å². The molecule has 4 aromatic carbocycles. The summed E-state index contributed by atoms with van der Waals surface area (Å²) in [7, 11) is -4.76. The summed E-state index contributed by atoms with van der Waals surface area (Å²) in [5, 5.41) is 23.3. The van der Waals surface area contributed by atoms with E-state index in [0.29, 0.717) is 45.8 Å². The number of fused-ring (bicyclic) bond motifs is 1. The van der Waals surface area contributed by atoms with Gasteiger partial charge in [0.25, 0.3) is 16.0 Å². The molecule has 0 atom stereocenters. The first-order chi connectivity index (χ1) is 18.5. The smallest absolute Gasteiger partial charge is 0.298 e. The minimum atomic E-state index is -4.76. The highest BCUT2D eigenvalue weighted by atomic mass is 35.5. The number of phenols is 1. The molecular formula is C27H23Cl2N3O6S. The molecule has 202 valence electrons. The highest BCUT2D eigenvalue weighted by Gasteiger charge is 2.24. The molecule has 0 aliphatic carbocycles. The van der Waals surface area contributed by atoms with Crippen LogP contribution in [0.4, 0.5) is 17.1 Å². The zero-order valence-corrected chi connectivity index (χ0v) is 23.1. The van der Waals surface area contributed by atoms with Crippen molar-refractivity contribution < 1.29 is 27.6 Å². The van der Waals surface area contributed by atoms with E-state index in [0.717, 1.165) is 0 Å². The van der Waals surface area contributed by atoms with Crippen LogP contribution in [0.2, 0.25) is 10.0 Å². The van der Waals surface area contributed by atoms with Gasteiger partial charge in [-0.15, -0.1) is 10.2 Å². The average molecular weight is 588 g/mol. The molecule has 4 rings (SSSR count). The van der Waals surface area contributed by atoms with Crippen molar-refractivity contribution in [3.63, 3.8) is 0 Å². The highest BCUT2D eigenvalue weighted by Crippen LogP contribution is 2.42. The van der Waals surface area contributed by atoms with Gasteiger partial charge in [-0.2, -0.15) is 8.42 Å². The van der Waals surface area contributed by atoms with Crippen LogP contribution in [0, 0.1) is 0 Å². The average Bonchev–Trinajstić information content (AvgIpc) is 2.88. The van der Waals surface area contributed by atoms with Crippen LogP contribution in [0.5, 0.6) is 11.5 Å². The van der Waals surface area contributed by atoms with Crippen LogP contribution in [0.1, 0.15) is 29.8 Å². The molecule has 39 heavy (non-hydrogen) atoms. The van der Waals surface area contributed by atoms with Crippen LogP contribution >= 0.6 is 23.2 Å². The van der Waals surface area contributed by atoms with Crippen molar-refractivity contribution in [3.05, 3.63) is 81.8 Å². The van der Waals surface area contributed by atoms with Crippen LogP contribution in [-0.4, -0.2) is 30.6 Å². The fourth-order valence-corrected chi connectivity index (χ4v) is 5.34. The number of aromatic hydroxyl groups is 1. The molecule has 0 saturated carbocycles. The van der Waals surface area contributed by atoms with Gasteiger partial charge >= 0.3 is 0 Å². The Labute approximate surface area is 234 Å². The number of carbonyl (C=O) groups is 1. The maximum atomic E-state index is 13.3. The van der Waals surface area contributed by atoms with E-state index in [9.17, 15) is 22.9 Å². The van der Waals surface area contributed by atoms with Gasteiger partial charge in [0.2, 0.25) is 0 Å². The number of benzene rings is 4. The molecule has 0 heterocycles. The third-order valence-corrected chi connectivity index (χ3v) is 7.38. The first-order valence-corrected chi connectivity index (χ1v) is 13.9. The van der Waals surface area contributed by atoms with E-state index >= 15 is 0 Å². The second-order valence-corrected chi connectivity index (χ2v) is 10.5. The van der Waals surface area contributed by atoms with Gasteiger partial charge in [-0.05, 0) is 54.6 Å². The van der Waals surface area contributed by atoms with Gasteiger partial charge in [0.05, 0.1) is 22.9 Å². The lowest BCUT2D eigenvalue weighted by molar-refractivity contribution is 0.102. The molecule has 0 unspecified atom stereocenters. The quantitative estimate of drug-likeness (QED) is 0.142. The summed E-state index contributed by atoms with van der Waals surface area (Å²) in [5.41, 5.74) is 0.359. The molecule has 0 spiro atoms. The summed E-state index contributed by atoms with van der Waals surface area (Å²) in [5.74, 6) is -0.779. The zero-order valence-electron chi connectivity index (χ0n) is 20.8. The molecule has 0 radical (unpaired) electrons. The van der Waals surface area contributed by atoms with Gasteiger partial charge in [0.15, 0.2) is 5.75 Å². The predicted molar refractivity (Wildman–Crippen MR) is 151 cm³/mol. The van der Waals surface area contributed by atoms with Crippen molar-refractivity contribution in [1.82, 2.24) is 0 Å². The van der Waals surface area contributed by atoms with Crippen LogP contribution < -0.4 is 10.1 Å². The Kier molecular flexibility index (Phi) is 8.41. The van der Waals surface area contributed by atoms with Crippen molar-refractivity contribution in [2.24, 2.45) is 10.2 Å². The monoisotopic (exact) mass is 587 g/mol. The van der Waals surface area contributed by atoms with E-state index in [1.165, 1.54) is 18.2 Å². The van der Waals surface area contributed by atoms with Gasteiger partial charge < -0.3 is 15.2 Å². The molecule has 0 fully saturated rings. The number of anilines is 1. The molecule has 0 bridgehead atoms. The number of rotatable bonds is 8. The van der Waals surface area contributed by atoms with Gasteiger partial charge in [-0.25, -0.2) is 0 Å². The number of azo groups is 1. The highest BCUT2D eigenvalue weighted by molar-refractivity contribution is 7.86. The fraction of sp³-hybridized carbons (Fsp3) is 0.148. The van der Waals surface area contributed by atoms with E-state index in [4.69, 9.17) is 27.9 Å². The number of hydrogen-bond acceptors (Lipinski definition) is 7. The van der Waals surface area contributed by atoms with Crippen LogP contribution in [0.15, 0.2) is 75.8 Å². The molecule has 0 aliphatic rings.